The van der Waals surface area contributed by atoms with E-state index in [1.54, 1.807) is 6.92 Å². The minimum absolute atomic E-state index is 0.127. The molecule has 4 rings (SSSR count). The summed E-state index contributed by atoms with van der Waals surface area (Å²) in [5, 5.41) is 0.948. The summed E-state index contributed by atoms with van der Waals surface area (Å²) < 4.78 is 32.3. The number of benzene rings is 2. The lowest BCUT2D eigenvalue weighted by Gasteiger charge is -2.18. The Hall–Kier alpha value is -3.48. The van der Waals surface area contributed by atoms with Crippen LogP contribution >= 0.6 is 0 Å². The normalized spacial score (nSPS) is 13.6. The molecule has 2 heterocycles. The zero-order chi connectivity index (χ0) is 20.5. The fourth-order valence-electron chi connectivity index (χ4n) is 3.57. The van der Waals surface area contributed by atoms with Crippen LogP contribution < -0.4 is 0 Å². The number of rotatable bonds is 3. The van der Waals surface area contributed by atoms with Crippen molar-refractivity contribution in [3.8, 4) is 0 Å². The molecule has 0 saturated heterocycles. The summed E-state index contributed by atoms with van der Waals surface area (Å²) in [4.78, 5) is 30.1. The maximum atomic E-state index is 13.6. The Morgan fingerprint density at radius 2 is 1.86 bits per heavy atom. The summed E-state index contributed by atoms with van der Waals surface area (Å²) in [6.45, 7) is 2.11. The number of H-pyrrole nitrogens is 1. The van der Waals surface area contributed by atoms with Gasteiger partial charge in [-0.05, 0) is 37.1 Å². The highest BCUT2D eigenvalue weighted by atomic mass is 19.1. The quantitative estimate of drug-likeness (QED) is 0.680. The lowest BCUT2D eigenvalue weighted by atomic mass is 10.0. The van der Waals surface area contributed by atoms with E-state index in [2.05, 4.69) is 4.98 Å². The summed E-state index contributed by atoms with van der Waals surface area (Å²) in [6.07, 6.45) is 1.85. The van der Waals surface area contributed by atoms with E-state index >= 15 is 0 Å². The van der Waals surface area contributed by atoms with Gasteiger partial charge < -0.3 is 14.6 Å². The number of fused-ring (bicyclic) bond motifs is 3. The average Bonchev–Trinajstić information content (AvgIpc) is 2.94. The fourth-order valence-corrected chi connectivity index (χ4v) is 3.57. The number of esters is 1. The Morgan fingerprint density at radius 3 is 2.59 bits per heavy atom. The van der Waals surface area contributed by atoms with Gasteiger partial charge in [0.25, 0.3) is 5.91 Å². The molecule has 5 nitrogen and oxygen atoms in total. The van der Waals surface area contributed by atoms with Crippen molar-refractivity contribution in [2.45, 2.75) is 13.3 Å². The van der Waals surface area contributed by atoms with E-state index in [0.717, 1.165) is 28.6 Å². The lowest BCUT2D eigenvalue weighted by Crippen LogP contribution is -2.28. The number of aromatic amines is 1. The van der Waals surface area contributed by atoms with Crippen LogP contribution in [0.4, 0.5) is 8.78 Å². The molecule has 2 aromatic carbocycles. The van der Waals surface area contributed by atoms with Gasteiger partial charge in [0.15, 0.2) is 0 Å². The fraction of sp³-hybridized carbons (Fsp3) is 0.182. The number of carbonyl (C=O) groups is 2. The van der Waals surface area contributed by atoms with Crippen LogP contribution in [-0.4, -0.2) is 34.9 Å². The van der Waals surface area contributed by atoms with E-state index in [9.17, 15) is 18.4 Å². The molecule has 1 N–H and O–H groups in total. The SMILES string of the molecule is CCOC(=O)C1=CN(C(=O)c2cc(F)cc(F)c2)CCc2c1[nH]c1ccccc21. The topological polar surface area (TPSA) is 62.4 Å². The second kappa shape index (κ2) is 7.50. The van der Waals surface area contributed by atoms with Crippen molar-refractivity contribution in [2.75, 3.05) is 13.2 Å². The molecule has 1 aliphatic heterocycles. The highest BCUT2D eigenvalue weighted by molar-refractivity contribution is 6.18. The molecule has 29 heavy (non-hydrogen) atoms. The minimum Gasteiger partial charge on any atom is -0.462 e. The molecule has 1 aliphatic rings. The highest BCUT2D eigenvalue weighted by Gasteiger charge is 2.27. The number of nitrogens with zero attached hydrogens (tertiary/aromatic N) is 1. The first-order valence-electron chi connectivity index (χ1n) is 9.24. The van der Waals surface area contributed by atoms with Crippen molar-refractivity contribution in [1.29, 1.82) is 0 Å². The number of para-hydroxylation sites is 1. The van der Waals surface area contributed by atoms with E-state index in [-0.39, 0.29) is 24.3 Å². The number of nitrogens with one attached hydrogen (secondary N) is 1. The van der Waals surface area contributed by atoms with Gasteiger partial charge >= 0.3 is 5.97 Å². The molecule has 0 fully saturated rings. The molecule has 0 atom stereocenters. The first-order chi connectivity index (χ1) is 14.0. The van der Waals surface area contributed by atoms with Crippen LogP contribution in [0.25, 0.3) is 16.5 Å². The maximum absolute atomic E-state index is 13.6. The van der Waals surface area contributed by atoms with Gasteiger partial charge in [0.2, 0.25) is 0 Å². The standard InChI is InChI=1S/C22H18F2N2O3/c1-2-29-22(28)18-12-26(21(27)13-9-14(23)11-15(24)10-13)8-7-17-16-5-3-4-6-19(16)25-20(17)18/h3-6,9-12,25H,2,7-8H2,1H3. The molecule has 1 amide bonds. The van der Waals surface area contributed by atoms with Crippen molar-refractivity contribution < 1.29 is 23.1 Å². The van der Waals surface area contributed by atoms with Gasteiger partial charge in [-0.1, -0.05) is 18.2 Å². The molecule has 0 aliphatic carbocycles. The zero-order valence-corrected chi connectivity index (χ0v) is 15.7. The predicted octanol–water partition coefficient (Wildman–Crippen LogP) is 4.05. The summed E-state index contributed by atoms with van der Waals surface area (Å²) >= 11 is 0. The van der Waals surface area contributed by atoms with E-state index in [0.29, 0.717) is 18.2 Å². The summed E-state index contributed by atoms with van der Waals surface area (Å²) in [5.41, 5.74) is 2.42. The van der Waals surface area contributed by atoms with Crippen LogP contribution in [0.5, 0.6) is 0 Å². The maximum Gasteiger partial charge on any atom is 0.341 e. The zero-order valence-electron chi connectivity index (χ0n) is 15.7. The molecular weight excluding hydrogens is 378 g/mol. The second-order valence-electron chi connectivity index (χ2n) is 6.69. The summed E-state index contributed by atoms with van der Waals surface area (Å²) in [5.74, 6) is -2.85. The first kappa shape index (κ1) is 18.9. The second-order valence-corrected chi connectivity index (χ2v) is 6.69. The first-order valence-corrected chi connectivity index (χ1v) is 9.24. The van der Waals surface area contributed by atoms with Crippen LogP contribution in [0, 0.1) is 11.6 Å². The van der Waals surface area contributed by atoms with Crippen molar-refractivity contribution >= 4 is 28.4 Å². The monoisotopic (exact) mass is 396 g/mol. The summed E-state index contributed by atoms with van der Waals surface area (Å²) in [7, 11) is 0. The minimum atomic E-state index is -0.839. The molecule has 148 valence electrons. The molecule has 1 aromatic heterocycles. The number of halogens is 2. The number of aromatic nitrogens is 1. The van der Waals surface area contributed by atoms with Crippen LogP contribution in [0.1, 0.15) is 28.5 Å². The van der Waals surface area contributed by atoms with Gasteiger partial charge in [-0.15, -0.1) is 0 Å². The van der Waals surface area contributed by atoms with Crippen LogP contribution in [0.3, 0.4) is 0 Å². The average molecular weight is 396 g/mol. The third-order valence-electron chi connectivity index (χ3n) is 4.84. The number of hydrogen-bond donors (Lipinski definition) is 1. The molecule has 0 bridgehead atoms. The number of amides is 1. The Morgan fingerprint density at radius 1 is 1.14 bits per heavy atom. The van der Waals surface area contributed by atoms with Crippen LogP contribution in [0.15, 0.2) is 48.7 Å². The molecule has 0 radical (unpaired) electrons. The lowest BCUT2D eigenvalue weighted by molar-refractivity contribution is -0.136. The van der Waals surface area contributed by atoms with Crippen molar-refractivity contribution in [1.82, 2.24) is 9.88 Å². The van der Waals surface area contributed by atoms with Crippen molar-refractivity contribution in [3.63, 3.8) is 0 Å². The highest BCUT2D eigenvalue weighted by Crippen LogP contribution is 2.31. The van der Waals surface area contributed by atoms with E-state index in [1.165, 1.54) is 11.1 Å². The Labute approximate surface area is 165 Å². The van der Waals surface area contributed by atoms with E-state index < -0.39 is 23.5 Å². The van der Waals surface area contributed by atoms with E-state index in [1.807, 2.05) is 24.3 Å². The third-order valence-corrected chi connectivity index (χ3v) is 4.84. The van der Waals surface area contributed by atoms with E-state index in [4.69, 9.17) is 4.74 Å². The predicted molar refractivity (Wildman–Crippen MR) is 104 cm³/mol. The van der Waals surface area contributed by atoms with Gasteiger partial charge in [-0.3, -0.25) is 4.79 Å². The van der Waals surface area contributed by atoms with Crippen LogP contribution in [0.2, 0.25) is 0 Å². The number of hydrogen-bond acceptors (Lipinski definition) is 3. The third kappa shape index (κ3) is 3.51. The largest absolute Gasteiger partial charge is 0.462 e. The van der Waals surface area contributed by atoms with Crippen molar-refractivity contribution in [3.05, 3.63) is 77.1 Å². The van der Waals surface area contributed by atoms with Crippen molar-refractivity contribution in [2.24, 2.45) is 0 Å². The molecular formula is C22H18F2N2O3. The van der Waals surface area contributed by atoms with Gasteiger partial charge in [0, 0.05) is 35.3 Å². The Balaban J connectivity index is 1.80. The van der Waals surface area contributed by atoms with Crippen LogP contribution in [-0.2, 0) is 16.0 Å². The van der Waals surface area contributed by atoms with Gasteiger partial charge in [0.1, 0.15) is 11.6 Å². The summed E-state index contributed by atoms with van der Waals surface area (Å²) in [6, 6.07) is 10.3. The Bertz CT molecular complexity index is 1130. The molecule has 0 unspecified atom stereocenters. The molecule has 7 heteroatoms. The molecule has 3 aromatic rings. The van der Waals surface area contributed by atoms with Gasteiger partial charge in [0.05, 0.1) is 17.9 Å². The number of carbonyl (C=O) groups excluding carboxylic acids is 2. The smallest absolute Gasteiger partial charge is 0.341 e. The number of ether oxygens (including phenoxy) is 1. The van der Waals surface area contributed by atoms with Gasteiger partial charge in [-0.2, -0.15) is 0 Å². The molecule has 0 spiro atoms. The Kier molecular flexibility index (Phi) is 4.88. The van der Waals surface area contributed by atoms with Gasteiger partial charge in [-0.25, -0.2) is 13.6 Å². The molecule has 0 saturated carbocycles.